The molecule has 1 aromatic carbocycles. The molecule has 0 aliphatic rings. The summed E-state index contributed by atoms with van der Waals surface area (Å²) in [5.41, 5.74) is 0.288. The molecule has 0 radical (unpaired) electrons. The van der Waals surface area contributed by atoms with Gasteiger partial charge in [0.1, 0.15) is 5.60 Å². The summed E-state index contributed by atoms with van der Waals surface area (Å²) in [4.78, 5) is 16.1. The predicted molar refractivity (Wildman–Crippen MR) is 88.2 cm³/mol. The van der Waals surface area contributed by atoms with E-state index in [0.29, 0.717) is 11.6 Å². The molecule has 0 aromatic heterocycles. The molecular formula is C16H25ClN2O2. The number of anilines is 1. The highest BCUT2D eigenvalue weighted by atomic mass is 35.5. The van der Waals surface area contributed by atoms with Crippen LogP contribution in [-0.2, 0) is 4.74 Å². The van der Waals surface area contributed by atoms with Gasteiger partial charge < -0.3 is 9.64 Å². The lowest BCUT2D eigenvalue weighted by Crippen LogP contribution is -2.38. The summed E-state index contributed by atoms with van der Waals surface area (Å²) in [6, 6.07) is 7.23. The molecule has 0 spiro atoms. The molecule has 0 atom stereocenters. The molecule has 1 rings (SSSR count). The van der Waals surface area contributed by atoms with Gasteiger partial charge in [0, 0.05) is 17.3 Å². The first-order valence-corrected chi connectivity index (χ1v) is 7.47. The van der Waals surface area contributed by atoms with E-state index in [1.807, 2.05) is 47.0 Å². The van der Waals surface area contributed by atoms with E-state index in [4.69, 9.17) is 16.3 Å². The highest BCUT2D eigenvalue weighted by Gasteiger charge is 2.23. The minimum atomic E-state index is -0.511. The largest absolute Gasteiger partial charge is 0.443 e. The number of carbonyl (C=O) groups excluding carboxylic acids is 1. The Bertz CT molecular complexity index is 452. The van der Waals surface area contributed by atoms with Gasteiger partial charge in [-0.1, -0.05) is 11.6 Å². The van der Waals surface area contributed by atoms with Gasteiger partial charge in [-0.3, -0.25) is 4.90 Å². The van der Waals surface area contributed by atoms with Crippen molar-refractivity contribution in [2.75, 3.05) is 32.1 Å². The molecule has 0 fully saturated rings. The van der Waals surface area contributed by atoms with E-state index in [9.17, 15) is 4.79 Å². The summed E-state index contributed by atoms with van der Waals surface area (Å²) in [6.45, 7) is 7.11. The summed E-state index contributed by atoms with van der Waals surface area (Å²) >= 11 is 5.91. The summed E-state index contributed by atoms with van der Waals surface area (Å²) < 4.78 is 5.48. The normalized spacial score (nSPS) is 11.6. The van der Waals surface area contributed by atoms with E-state index in [2.05, 4.69) is 4.90 Å². The monoisotopic (exact) mass is 312 g/mol. The summed E-state index contributed by atoms with van der Waals surface area (Å²) in [6.07, 6.45) is 0.540. The third kappa shape index (κ3) is 6.82. The molecule has 0 heterocycles. The second kappa shape index (κ2) is 7.66. The van der Waals surface area contributed by atoms with Gasteiger partial charge in [0.15, 0.2) is 0 Å². The fourth-order valence-electron chi connectivity index (χ4n) is 1.81. The average Bonchev–Trinajstić information content (AvgIpc) is 2.33. The van der Waals surface area contributed by atoms with Crippen LogP contribution in [-0.4, -0.2) is 43.8 Å². The third-order valence-corrected chi connectivity index (χ3v) is 2.99. The smallest absolute Gasteiger partial charge is 0.414 e. The van der Waals surface area contributed by atoms with Crippen LogP contribution < -0.4 is 4.90 Å². The molecule has 21 heavy (non-hydrogen) atoms. The van der Waals surface area contributed by atoms with Gasteiger partial charge in [-0.2, -0.15) is 0 Å². The molecule has 0 unspecified atom stereocenters. The van der Waals surface area contributed by atoms with Crippen LogP contribution in [0.1, 0.15) is 27.2 Å². The summed E-state index contributed by atoms with van der Waals surface area (Å²) in [5, 5.41) is 0.649. The Hall–Kier alpha value is -1.26. The molecule has 0 bridgehead atoms. The summed E-state index contributed by atoms with van der Waals surface area (Å²) in [5.74, 6) is 0. The Balaban J connectivity index is 2.83. The van der Waals surface area contributed by atoms with Crippen molar-refractivity contribution >= 4 is 23.4 Å². The Kier molecular flexibility index (Phi) is 6.49. The molecule has 1 amide bonds. The molecule has 0 N–H and O–H groups in total. The number of benzene rings is 1. The molecule has 118 valence electrons. The van der Waals surface area contributed by atoms with Crippen molar-refractivity contribution in [3.8, 4) is 0 Å². The van der Waals surface area contributed by atoms with Gasteiger partial charge in [0.25, 0.3) is 0 Å². The van der Waals surface area contributed by atoms with Crippen LogP contribution in [0.15, 0.2) is 24.3 Å². The van der Waals surface area contributed by atoms with Crippen LogP contribution in [0.2, 0.25) is 5.02 Å². The predicted octanol–water partition coefficient (Wildman–Crippen LogP) is 4.03. The van der Waals surface area contributed by atoms with Gasteiger partial charge in [-0.25, -0.2) is 4.79 Å². The van der Waals surface area contributed by atoms with Crippen LogP contribution >= 0.6 is 11.6 Å². The van der Waals surface area contributed by atoms with Gasteiger partial charge in [0.2, 0.25) is 0 Å². The number of carbonyl (C=O) groups is 1. The van der Waals surface area contributed by atoms with E-state index >= 15 is 0 Å². The molecular weight excluding hydrogens is 288 g/mol. The van der Waals surface area contributed by atoms with E-state index in [0.717, 1.165) is 18.7 Å². The molecule has 5 heteroatoms. The molecule has 0 aliphatic carbocycles. The molecule has 0 saturated heterocycles. The topological polar surface area (TPSA) is 32.8 Å². The van der Waals surface area contributed by atoms with Crippen LogP contribution in [0.4, 0.5) is 10.5 Å². The molecule has 4 nitrogen and oxygen atoms in total. The quantitative estimate of drug-likeness (QED) is 0.823. The maximum absolute atomic E-state index is 12.4. The van der Waals surface area contributed by atoms with Crippen molar-refractivity contribution in [2.45, 2.75) is 32.8 Å². The maximum Gasteiger partial charge on any atom is 0.414 e. The number of hydrogen-bond acceptors (Lipinski definition) is 3. The number of amides is 1. The zero-order valence-corrected chi connectivity index (χ0v) is 14.3. The Morgan fingerprint density at radius 1 is 1.14 bits per heavy atom. The average molecular weight is 313 g/mol. The van der Waals surface area contributed by atoms with Crippen LogP contribution in [0.5, 0.6) is 0 Å². The van der Waals surface area contributed by atoms with Crippen molar-refractivity contribution in [1.82, 2.24) is 4.90 Å². The minimum absolute atomic E-state index is 0.330. The zero-order chi connectivity index (χ0) is 16.0. The Morgan fingerprint density at radius 2 is 1.71 bits per heavy atom. The van der Waals surface area contributed by atoms with E-state index < -0.39 is 5.60 Å². The second-order valence-corrected chi connectivity index (χ2v) is 6.70. The lowest BCUT2D eigenvalue weighted by molar-refractivity contribution is 0.0579. The van der Waals surface area contributed by atoms with Crippen molar-refractivity contribution in [3.63, 3.8) is 0 Å². The van der Waals surface area contributed by atoms with Crippen LogP contribution in [0.3, 0.4) is 0 Å². The molecule has 0 saturated carbocycles. The first kappa shape index (κ1) is 17.8. The van der Waals surface area contributed by atoms with Crippen molar-refractivity contribution in [2.24, 2.45) is 0 Å². The first-order chi connectivity index (χ1) is 9.69. The van der Waals surface area contributed by atoms with Gasteiger partial charge in [0.05, 0.1) is 0 Å². The lowest BCUT2D eigenvalue weighted by Gasteiger charge is -2.28. The second-order valence-electron chi connectivity index (χ2n) is 6.27. The van der Waals surface area contributed by atoms with Gasteiger partial charge in [-0.05, 0) is 72.1 Å². The highest BCUT2D eigenvalue weighted by Crippen LogP contribution is 2.21. The number of ether oxygens (including phenoxy) is 1. The molecule has 0 aliphatic heterocycles. The van der Waals surface area contributed by atoms with Crippen molar-refractivity contribution in [1.29, 1.82) is 0 Å². The number of hydrogen-bond donors (Lipinski definition) is 0. The fourth-order valence-corrected chi connectivity index (χ4v) is 1.93. The zero-order valence-electron chi connectivity index (χ0n) is 13.5. The number of rotatable bonds is 5. The number of halogens is 1. The van der Waals surface area contributed by atoms with E-state index in [-0.39, 0.29) is 6.09 Å². The molecule has 1 aromatic rings. The summed E-state index contributed by atoms with van der Waals surface area (Å²) in [7, 11) is 4.03. The fraction of sp³-hybridized carbons (Fsp3) is 0.562. The first-order valence-electron chi connectivity index (χ1n) is 7.10. The van der Waals surface area contributed by atoms with Crippen LogP contribution in [0.25, 0.3) is 0 Å². The SMILES string of the molecule is CN(C)CCCN(C(=O)OC(C)(C)C)c1ccc(Cl)cc1. The standard InChI is InChI=1S/C16H25ClN2O2/c1-16(2,3)21-15(20)19(12-6-11-18(4)5)14-9-7-13(17)8-10-14/h7-10H,6,11-12H2,1-5H3. The van der Waals surface area contributed by atoms with Gasteiger partial charge in [-0.15, -0.1) is 0 Å². The maximum atomic E-state index is 12.4. The lowest BCUT2D eigenvalue weighted by atomic mass is 10.2. The van der Waals surface area contributed by atoms with Crippen molar-refractivity contribution in [3.05, 3.63) is 29.3 Å². The Labute approximate surface area is 132 Å². The third-order valence-electron chi connectivity index (χ3n) is 2.74. The van der Waals surface area contributed by atoms with Crippen molar-refractivity contribution < 1.29 is 9.53 Å². The van der Waals surface area contributed by atoms with Crippen LogP contribution in [0, 0.1) is 0 Å². The highest BCUT2D eigenvalue weighted by molar-refractivity contribution is 6.30. The minimum Gasteiger partial charge on any atom is -0.443 e. The van der Waals surface area contributed by atoms with Gasteiger partial charge >= 0.3 is 6.09 Å². The number of nitrogens with zero attached hydrogens (tertiary/aromatic N) is 2. The Morgan fingerprint density at radius 3 is 2.19 bits per heavy atom. The van der Waals surface area contributed by atoms with E-state index in [1.54, 1.807) is 17.0 Å². The van der Waals surface area contributed by atoms with E-state index in [1.165, 1.54) is 0 Å².